The van der Waals surface area contributed by atoms with E-state index >= 15 is 0 Å². The van der Waals surface area contributed by atoms with Crippen LogP contribution in [0.5, 0.6) is 5.75 Å². The molecule has 0 N–H and O–H groups in total. The average Bonchev–Trinajstić information content (AvgIpc) is 2.39. The molecule has 0 atom stereocenters. The van der Waals surface area contributed by atoms with E-state index in [9.17, 15) is 0 Å². The van der Waals surface area contributed by atoms with Crippen molar-refractivity contribution in [3.8, 4) is 5.75 Å². The van der Waals surface area contributed by atoms with Crippen LogP contribution in [0.15, 0.2) is 54.6 Å². The van der Waals surface area contributed by atoms with Gasteiger partial charge in [-0.1, -0.05) is 62.4 Å². The molecule has 0 bridgehead atoms. The SMILES string of the molecule is COc1ccccc1C(C)(C)Cc1ccccc1. The molecule has 0 aromatic heterocycles. The van der Waals surface area contributed by atoms with Crippen LogP contribution < -0.4 is 4.74 Å². The van der Waals surface area contributed by atoms with Gasteiger partial charge < -0.3 is 4.74 Å². The second kappa shape index (κ2) is 5.26. The van der Waals surface area contributed by atoms with Crippen molar-refractivity contribution < 1.29 is 4.74 Å². The molecule has 0 spiro atoms. The summed E-state index contributed by atoms with van der Waals surface area (Å²) in [5.74, 6) is 0.971. The van der Waals surface area contributed by atoms with Gasteiger partial charge in [-0.3, -0.25) is 0 Å². The number of hydrogen-bond acceptors (Lipinski definition) is 1. The van der Waals surface area contributed by atoms with Crippen molar-refractivity contribution >= 4 is 0 Å². The topological polar surface area (TPSA) is 9.23 Å². The molecule has 0 saturated heterocycles. The van der Waals surface area contributed by atoms with E-state index in [1.807, 2.05) is 12.1 Å². The summed E-state index contributed by atoms with van der Waals surface area (Å²) in [6.45, 7) is 4.52. The van der Waals surface area contributed by atoms with Gasteiger partial charge in [0.05, 0.1) is 7.11 Å². The van der Waals surface area contributed by atoms with E-state index in [1.165, 1.54) is 11.1 Å². The number of para-hydroxylation sites is 1. The van der Waals surface area contributed by atoms with Crippen LogP contribution in [0.4, 0.5) is 0 Å². The molecule has 94 valence electrons. The van der Waals surface area contributed by atoms with Gasteiger partial charge in [0.15, 0.2) is 0 Å². The highest BCUT2D eigenvalue weighted by Gasteiger charge is 2.24. The summed E-state index contributed by atoms with van der Waals surface area (Å²) in [6, 6.07) is 18.9. The van der Waals surface area contributed by atoms with Crippen LogP contribution >= 0.6 is 0 Å². The zero-order chi connectivity index (χ0) is 13.0. The predicted molar refractivity (Wildman–Crippen MR) is 76.2 cm³/mol. The Labute approximate surface area is 109 Å². The molecule has 0 aliphatic heterocycles. The summed E-state index contributed by atoms with van der Waals surface area (Å²) < 4.78 is 5.47. The van der Waals surface area contributed by atoms with E-state index in [1.54, 1.807) is 7.11 Å². The third-order valence-electron chi connectivity index (χ3n) is 3.32. The van der Waals surface area contributed by atoms with Gasteiger partial charge in [0.2, 0.25) is 0 Å². The fraction of sp³-hybridized carbons (Fsp3) is 0.294. The molecule has 0 fully saturated rings. The Kier molecular flexibility index (Phi) is 3.71. The summed E-state index contributed by atoms with van der Waals surface area (Å²) >= 11 is 0. The number of benzene rings is 2. The molecule has 2 aromatic rings. The first kappa shape index (κ1) is 12.7. The zero-order valence-electron chi connectivity index (χ0n) is 11.3. The second-order valence-electron chi connectivity index (χ2n) is 5.25. The molecule has 2 rings (SSSR count). The van der Waals surface area contributed by atoms with Crippen molar-refractivity contribution in [3.05, 3.63) is 65.7 Å². The summed E-state index contributed by atoms with van der Waals surface area (Å²) in [5.41, 5.74) is 2.68. The van der Waals surface area contributed by atoms with Gasteiger partial charge >= 0.3 is 0 Å². The quantitative estimate of drug-likeness (QED) is 0.777. The van der Waals surface area contributed by atoms with Crippen molar-refractivity contribution in [2.75, 3.05) is 7.11 Å². The van der Waals surface area contributed by atoms with E-state index in [0.29, 0.717) is 0 Å². The van der Waals surface area contributed by atoms with Crippen molar-refractivity contribution in [1.29, 1.82) is 0 Å². The molecule has 0 amide bonds. The Hall–Kier alpha value is -1.76. The Bertz CT molecular complexity index is 500. The Balaban J connectivity index is 2.30. The molecule has 2 aromatic carbocycles. The molecule has 1 nitrogen and oxygen atoms in total. The minimum Gasteiger partial charge on any atom is -0.496 e. The van der Waals surface area contributed by atoms with Gasteiger partial charge in [-0.2, -0.15) is 0 Å². The number of rotatable bonds is 4. The Morgan fingerprint density at radius 3 is 2.17 bits per heavy atom. The van der Waals surface area contributed by atoms with Crippen LogP contribution in [-0.4, -0.2) is 7.11 Å². The molecule has 0 unspecified atom stereocenters. The van der Waals surface area contributed by atoms with Gasteiger partial charge in [-0.15, -0.1) is 0 Å². The van der Waals surface area contributed by atoms with E-state index in [2.05, 4.69) is 56.3 Å². The summed E-state index contributed by atoms with van der Waals surface area (Å²) in [7, 11) is 1.73. The lowest BCUT2D eigenvalue weighted by Crippen LogP contribution is -2.21. The maximum Gasteiger partial charge on any atom is 0.122 e. The van der Waals surface area contributed by atoms with Gasteiger partial charge in [0, 0.05) is 5.56 Å². The highest BCUT2D eigenvalue weighted by Crippen LogP contribution is 2.34. The first-order valence-corrected chi connectivity index (χ1v) is 6.31. The van der Waals surface area contributed by atoms with Crippen LogP contribution in [0.25, 0.3) is 0 Å². The molecule has 0 radical (unpaired) electrons. The standard InChI is InChI=1S/C17H20O/c1-17(2,13-14-9-5-4-6-10-14)15-11-7-8-12-16(15)18-3/h4-12H,13H2,1-3H3. The van der Waals surface area contributed by atoms with Crippen LogP contribution in [0.1, 0.15) is 25.0 Å². The van der Waals surface area contributed by atoms with Gasteiger partial charge in [-0.25, -0.2) is 0 Å². The largest absolute Gasteiger partial charge is 0.496 e. The van der Waals surface area contributed by atoms with Crippen LogP contribution in [0.2, 0.25) is 0 Å². The number of hydrogen-bond donors (Lipinski definition) is 0. The molecule has 0 heterocycles. The Morgan fingerprint density at radius 2 is 1.50 bits per heavy atom. The van der Waals surface area contributed by atoms with Gasteiger partial charge in [0.25, 0.3) is 0 Å². The normalized spacial score (nSPS) is 11.3. The second-order valence-corrected chi connectivity index (χ2v) is 5.25. The Morgan fingerprint density at radius 1 is 0.889 bits per heavy atom. The van der Waals surface area contributed by atoms with E-state index in [4.69, 9.17) is 4.74 Å². The summed E-state index contributed by atoms with van der Waals surface area (Å²) in [6.07, 6.45) is 1.01. The third kappa shape index (κ3) is 2.73. The highest BCUT2D eigenvalue weighted by molar-refractivity contribution is 5.40. The fourth-order valence-corrected chi connectivity index (χ4v) is 2.41. The third-order valence-corrected chi connectivity index (χ3v) is 3.32. The van der Waals surface area contributed by atoms with E-state index < -0.39 is 0 Å². The lowest BCUT2D eigenvalue weighted by atomic mass is 9.79. The van der Waals surface area contributed by atoms with Crippen LogP contribution in [-0.2, 0) is 11.8 Å². The van der Waals surface area contributed by atoms with Crippen molar-refractivity contribution in [1.82, 2.24) is 0 Å². The number of ether oxygens (including phenoxy) is 1. The lowest BCUT2D eigenvalue weighted by molar-refractivity contribution is 0.391. The first-order valence-electron chi connectivity index (χ1n) is 6.31. The molecule has 1 heteroatoms. The minimum absolute atomic E-state index is 0.0634. The predicted octanol–water partition coefficient (Wildman–Crippen LogP) is 4.22. The van der Waals surface area contributed by atoms with Crippen molar-refractivity contribution in [3.63, 3.8) is 0 Å². The first-order chi connectivity index (χ1) is 8.63. The van der Waals surface area contributed by atoms with Crippen LogP contribution in [0, 0.1) is 0 Å². The zero-order valence-corrected chi connectivity index (χ0v) is 11.3. The van der Waals surface area contributed by atoms with Gasteiger partial charge in [-0.05, 0) is 23.5 Å². The molecule has 0 aliphatic rings. The van der Waals surface area contributed by atoms with Gasteiger partial charge in [0.1, 0.15) is 5.75 Å². The smallest absolute Gasteiger partial charge is 0.122 e. The van der Waals surface area contributed by atoms with E-state index in [0.717, 1.165) is 12.2 Å². The summed E-state index contributed by atoms with van der Waals surface area (Å²) in [4.78, 5) is 0. The molecular weight excluding hydrogens is 220 g/mol. The van der Waals surface area contributed by atoms with Crippen molar-refractivity contribution in [2.45, 2.75) is 25.7 Å². The highest BCUT2D eigenvalue weighted by atomic mass is 16.5. The van der Waals surface area contributed by atoms with E-state index in [-0.39, 0.29) is 5.41 Å². The van der Waals surface area contributed by atoms with Crippen molar-refractivity contribution in [2.24, 2.45) is 0 Å². The molecule has 18 heavy (non-hydrogen) atoms. The molecule has 0 aliphatic carbocycles. The minimum atomic E-state index is 0.0634. The maximum absolute atomic E-state index is 5.47. The number of methoxy groups -OCH3 is 1. The van der Waals surface area contributed by atoms with Crippen LogP contribution in [0.3, 0.4) is 0 Å². The summed E-state index contributed by atoms with van der Waals surface area (Å²) in [5, 5.41) is 0. The molecule has 0 saturated carbocycles. The average molecular weight is 240 g/mol. The lowest BCUT2D eigenvalue weighted by Gasteiger charge is -2.27. The molecular formula is C17H20O. The maximum atomic E-state index is 5.47. The fourth-order valence-electron chi connectivity index (χ4n) is 2.41. The monoisotopic (exact) mass is 240 g/mol.